The predicted octanol–water partition coefficient (Wildman–Crippen LogP) is 4.15. The zero-order valence-corrected chi connectivity index (χ0v) is 14.0. The van der Waals surface area contributed by atoms with Crippen LogP contribution in [-0.4, -0.2) is 17.4 Å². The average Bonchev–Trinajstić information content (AvgIpc) is 2.98. The summed E-state index contributed by atoms with van der Waals surface area (Å²) < 4.78 is 1.20. The van der Waals surface area contributed by atoms with Crippen LogP contribution in [0.5, 0.6) is 0 Å². The van der Waals surface area contributed by atoms with Gasteiger partial charge in [-0.25, -0.2) is 4.98 Å². The van der Waals surface area contributed by atoms with Gasteiger partial charge in [0, 0.05) is 19.4 Å². The van der Waals surface area contributed by atoms with Crippen molar-refractivity contribution < 1.29 is 4.79 Å². The summed E-state index contributed by atoms with van der Waals surface area (Å²) >= 11 is 1.70. The average molecular weight is 324 g/mol. The molecule has 0 spiro atoms. The van der Waals surface area contributed by atoms with Crippen molar-refractivity contribution in [2.24, 2.45) is 0 Å². The number of hydrogen-bond acceptors (Lipinski definition) is 3. The molecule has 0 fully saturated rings. The Balaban J connectivity index is 1.47. The summed E-state index contributed by atoms with van der Waals surface area (Å²) in [7, 11) is 0. The van der Waals surface area contributed by atoms with Crippen LogP contribution in [0.3, 0.4) is 0 Å². The van der Waals surface area contributed by atoms with E-state index in [1.54, 1.807) is 11.3 Å². The second-order valence-corrected chi connectivity index (χ2v) is 6.81. The first-order valence-electron chi connectivity index (χ1n) is 7.88. The summed E-state index contributed by atoms with van der Waals surface area (Å²) in [6.45, 7) is 2.72. The van der Waals surface area contributed by atoms with Crippen molar-refractivity contribution in [3.8, 4) is 0 Å². The van der Waals surface area contributed by atoms with Gasteiger partial charge in [-0.1, -0.05) is 49.4 Å². The minimum Gasteiger partial charge on any atom is -0.356 e. The van der Waals surface area contributed by atoms with Crippen LogP contribution in [0.15, 0.2) is 54.6 Å². The Morgan fingerprint density at radius 2 is 1.87 bits per heavy atom. The van der Waals surface area contributed by atoms with Crippen LogP contribution in [0, 0.1) is 0 Å². The van der Waals surface area contributed by atoms with Crippen LogP contribution in [0.1, 0.15) is 29.8 Å². The smallest absolute Gasteiger partial charge is 0.220 e. The van der Waals surface area contributed by atoms with Gasteiger partial charge in [0.1, 0.15) is 0 Å². The van der Waals surface area contributed by atoms with Crippen molar-refractivity contribution in [1.29, 1.82) is 0 Å². The second-order valence-electron chi connectivity index (χ2n) is 5.69. The number of para-hydroxylation sites is 1. The maximum atomic E-state index is 12.1. The molecule has 0 aliphatic heterocycles. The zero-order chi connectivity index (χ0) is 16.1. The number of hydrogen-bond donors (Lipinski definition) is 1. The molecule has 0 radical (unpaired) electrons. The van der Waals surface area contributed by atoms with E-state index in [1.165, 1.54) is 10.3 Å². The molecule has 0 saturated heterocycles. The molecule has 3 nitrogen and oxygen atoms in total. The molecule has 1 atom stereocenters. The lowest BCUT2D eigenvalue weighted by molar-refractivity contribution is -0.121. The maximum absolute atomic E-state index is 12.1. The normalized spacial score (nSPS) is 12.2. The highest BCUT2D eigenvalue weighted by atomic mass is 32.1. The monoisotopic (exact) mass is 324 g/mol. The lowest BCUT2D eigenvalue weighted by Crippen LogP contribution is -2.26. The van der Waals surface area contributed by atoms with E-state index in [2.05, 4.69) is 35.4 Å². The lowest BCUT2D eigenvalue weighted by atomic mass is 9.98. The zero-order valence-electron chi connectivity index (χ0n) is 13.2. The highest BCUT2D eigenvalue weighted by Gasteiger charge is 2.11. The number of amides is 1. The fourth-order valence-electron chi connectivity index (χ4n) is 2.59. The number of nitrogens with zero attached hydrogens (tertiary/aromatic N) is 1. The summed E-state index contributed by atoms with van der Waals surface area (Å²) in [5.74, 6) is 0.334. The molecule has 4 heteroatoms. The Morgan fingerprint density at radius 3 is 2.65 bits per heavy atom. The third kappa shape index (κ3) is 4.17. The minimum atomic E-state index is 0.0995. The van der Waals surface area contributed by atoms with Gasteiger partial charge < -0.3 is 5.32 Å². The summed E-state index contributed by atoms with van der Waals surface area (Å²) in [6.07, 6.45) is 1.30. The molecule has 1 unspecified atom stereocenters. The molecule has 3 rings (SSSR count). The fourth-order valence-corrected chi connectivity index (χ4v) is 3.55. The van der Waals surface area contributed by atoms with Crippen LogP contribution < -0.4 is 5.32 Å². The molecule has 118 valence electrons. The topological polar surface area (TPSA) is 42.0 Å². The van der Waals surface area contributed by atoms with Gasteiger partial charge >= 0.3 is 0 Å². The van der Waals surface area contributed by atoms with Crippen molar-refractivity contribution in [2.75, 3.05) is 6.54 Å². The molecule has 1 amide bonds. The largest absolute Gasteiger partial charge is 0.356 e. The molecule has 0 saturated carbocycles. The number of carbonyl (C=O) groups is 1. The molecule has 2 aromatic carbocycles. The van der Waals surface area contributed by atoms with E-state index in [0.29, 0.717) is 13.0 Å². The Labute approximate surface area is 140 Å². The third-order valence-electron chi connectivity index (χ3n) is 3.86. The van der Waals surface area contributed by atoms with Gasteiger partial charge in [0.05, 0.1) is 15.2 Å². The van der Waals surface area contributed by atoms with Crippen LogP contribution >= 0.6 is 11.3 Å². The molecule has 1 N–H and O–H groups in total. The Kier molecular flexibility index (Phi) is 5.03. The Bertz CT molecular complexity index is 749. The van der Waals surface area contributed by atoms with Crippen LogP contribution in [0.4, 0.5) is 0 Å². The van der Waals surface area contributed by atoms with E-state index in [9.17, 15) is 4.79 Å². The summed E-state index contributed by atoms with van der Waals surface area (Å²) in [5, 5.41) is 4.08. The van der Waals surface area contributed by atoms with Crippen molar-refractivity contribution in [1.82, 2.24) is 10.3 Å². The number of benzene rings is 2. The van der Waals surface area contributed by atoms with Gasteiger partial charge in [0.2, 0.25) is 5.91 Å². The number of carbonyl (C=O) groups excluding carboxylic acids is 1. The van der Waals surface area contributed by atoms with E-state index in [0.717, 1.165) is 16.9 Å². The number of rotatable bonds is 6. The van der Waals surface area contributed by atoms with Crippen molar-refractivity contribution in [3.05, 3.63) is 65.2 Å². The van der Waals surface area contributed by atoms with E-state index < -0.39 is 0 Å². The van der Waals surface area contributed by atoms with Crippen LogP contribution in [-0.2, 0) is 11.2 Å². The Morgan fingerprint density at radius 1 is 1.13 bits per heavy atom. The van der Waals surface area contributed by atoms with Crippen molar-refractivity contribution >= 4 is 27.5 Å². The predicted molar refractivity (Wildman–Crippen MR) is 95.8 cm³/mol. The molecular weight excluding hydrogens is 304 g/mol. The van der Waals surface area contributed by atoms with Gasteiger partial charge in [-0.2, -0.15) is 0 Å². The standard InChI is InChI=1S/C19H20N2OS/c1-14(15-7-3-2-4-8-15)13-18(22)20-12-11-19-21-16-9-5-6-10-17(16)23-19/h2-10,14H,11-13H2,1H3,(H,20,22). The third-order valence-corrected chi connectivity index (χ3v) is 4.96. The van der Waals surface area contributed by atoms with E-state index >= 15 is 0 Å². The van der Waals surface area contributed by atoms with Gasteiger partial charge in [-0.15, -0.1) is 11.3 Å². The molecule has 0 aliphatic carbocycles. The second kappa shape index (κ2) is 7.38. The van der Waals surface area contributed by atoms with Crippen LogP contribution in [0.25, 0.3) is 10.2 Å². The van der Waals surface area contributed by atoms with E-state index in [4.69, 9.17) is 0 Å². The SMILES string of the molecule is CC(CC(=O)NCCc1nc2ccccc2s1)c1ccccc1. The minimum absolute atomic E-state index is 0.0995. The van der Waals surface area contributed by atoms with E-state index in [-0.39, 0.29) is 11.8 Å². The molecular formula is C19H20N2OS. The molecule has 1 aromatic heterocycles. The molecule has 3 aromatic rings. The number of fused-ring (bicyclic) bond motifs is 1. The fraction of sp³-hybridized carbons (Fsp3) is 0.263. The summed E-state index contributed by atoms with van der Waals surface area (Å²) in [4.78, 5) is 16.6. The lowest BCUT2D eigenvalue weighted by Gasteiger charge is -2.11. The number of thiazole rings is 1. The van der Waals surface area contributed by atoms with Gasteiger partial charge in [0.25, 0.3) is 0 Å². The van der Waals surface area contributed by atoms with E-state index in [1.807, 2.05) is 36.4 Å². The molecule has 23 heavy (non-hydrogen) atoms. The molecule has 1 heterocycles. The summed E-state index contributed by atoms with van der Waals surface area (Å²) in [5.41, 5.74) is 2.24. The van der Waals surface area contributed by atoms with Crippen LogP contribution in [0.2, 0.25) is 0 Å². The maximum Gasteiger partial charge on any atom is 0.220 e. The first-order chi connectivity index (χ1) is 11.2. The van der Waals surface area contributed by atoms with Gasteiger partial charge in [-0.05, 0) is 23.6 Å². The van der Waals surface area contributed by atoms with Crippen molar-refractivity contribution in [3.63, 3.8) is 0 Å². The number of aromatic nitrogens is 1. The van der Waals surface area contributed by atoms with Gasteiger partial charge in [0.15, 0.2) is 0 Å². The quantitative estimate of drug-likeness (QED) is 0.740. The highest BCUT2D eigenvalue weighted by molar-refractivity contribution is 7.18. The van der Waals surface area contributed by atoms with Gasteiger partial charge in [-0.3, -0.25) is 4.79 Å². The van der Waals surface area contributed by atoms with Crippen molar-refractivity contribution in [2.45, 2.75) is 25.7 Å². The molecule has 0 aliphatic rings. The first kappa shape index (κ1) is 15.7. The Hall–Kier alpha value is -2.20. The number of nitrogens with one attached hydrogen (secondary N) is 1. The first-order valence-corrected chi connectivity index (χ1v) is 8.70. The summed E-state index contributed by atoms with van der Waals surface area (Å²) in [6, 6.07) is 18.3. The molecule has 0 bridgehead atoms. The highest BCUT2D eigenvalue weighted by Crippen LogP contribution is 2.21.